The SMILES string of the molecule is Cc1ccc(CNC(=O)[C@@H](Cc2ccccc2)NS(=O)(=O)c2c(C)cc(C)cc2C)cc1. The number of benzene rings is 3. The molecule has 2 N–H and O–H groups in total. The van der Waals surface area contributed by atoms with Crippen molar-refractivity contribution in [2.24, 2.45) is 0 Å². The second-order valence-corrected chi connectivity index (χ2v) is 9.95. The van der Waals surface area contributed by atoms with Crippen molar-refractivity contribution in [3.05, 3.63) is 100 Å². The molecule has 6 heteroatoms. The molecular formula is C26H30N2O3S. The standard InChI is InChI=1S/C26H30N2O3S/c1-18-10-12-23(13-11-18)17-27-26(29)24(16-22-8-6-5-7-9-22)28-32(30,31)25-20(3)14-19(2)15-21(25)4/h5-15,24,28H,16-17H2,1-4H3,(H,27,29)/t24-/m1/s1. The lowest BCUT2D eigenvalue weighted by molar-refractivity contribution is -0.122. The van der Waals surface area contributed by atoms with Crippen LogP contribution in [-0.4, -0.2) is 20.4 Å². The predicted molar refractivity (Wildman–Crippen MR) is 128 cm³/mol. The number of hydrogen-bond donors (Lipinski definition) is 2. The van der Waals surface area contributed by atoms with Gasteiger partial charge in [0, 0.05) is 6.54 Å². The van der Waals surface area contributed by atoms with Gasteiger partial charge < -0.3 is 5.32 Å². The molecule has 5 nitrogen and oxygen atoms in total. The predicted octanol–water partition coefficient (Wildman–Crippen LogP) is 4.13. The van der Waals surface area contributed by atoms with Crippen LogP contribution in [0, 0.1) is 27.7 Å². The van der Waals surface area contributed by atoms with E-state index in [1.54, 1.807) is 13.8 Å². The van der Waals surface area contributed by atoms with Crippen LogP contribution in [0.5, 0.6) is 0 Å². The Balaban J connectivity index is 1.85. The molecule has 1 amide bonds. The zero-order chi connectivity index (χ0) is 23.3. The molecule has 3 aromatic carbocycles. The first-order chi connectivity index (χ1) is 15.2. The Morgan fingerprint density at radius 3 is 2.00 bits per heavy atom. The molecule has 0 aliphatic carbocycles. The molecule has 0 radical (unpaired) electrons. The molecule has 3 aromatic rings. The van der Waals surface area contributed by atoms with Crippen LogP contribution in [-0.2, 0) is 27.8 Å². The summed E-state index contributed by atoms with van der Waals surface area (Å²) in [6, 6.07) is 20.0. The van der Waals surface area contributed by atoms with Gasteiger partial charge in [-0.05, 0) is 56.4 Å². The van der Waals surface area contributed by atoms with Gasteiger partial charge in [0.2, 0.25) is 15.9 Å². The lowest BCUT2D eigenvalue weighted by Crippen LogP contribution is -2.48. The van der Waals surface area contributed by atoms with E-state index in [0.29, 0.717) is 17.7 Å². The summed E-state index contributed by atoms with van der Waals surface area (Å²) in [5, 5.41) is 2.89. The third kappa shape index (κ3) is 6.05. The Bertz CT molecular complexity index is 1160. The summed E-state index contributed by atoms with van der Waals surface area (Å²) in [4.78, 5) is 13.3. The van der Waals surface area contributed by atoms with Gasteiger partial charge >= 0.3 is 0 Å². The van der Waals surface area contributed by atoms with Gasteiger partial charge in [-0.1, -0.05) is 77.9 Å². The van der Waals surface area contributed by atoms with Crippen molar-refractivity contribution in [1.82, 2.24) is 10.0 Å². The summed E-state index contributed by atoms with van der Waals surface area (Å²) >= 11 is 0. The van der Waals surface area contributed by atoms with Crippen LogP contribution in [0.1, 0.15) is 33.4 Å². The average molecular weight is 451 g/mol. The first-order valence-electron chi connectivity index (χ1n) is 10.6. The normalized spacial score (nSPS) is 12.4. The van der Waals surface area contributed by atoms with E-state index in [0.717, 1.165) is 22.3 Å². The third-order valence-corrected chi connectivity index (χ3v) is 7.13. The van der Waals surface area contributed by atoms with E-state index >= 15 is 0 Å². The fourth-order valence-corrected chi connectivity index (χ4v) is 5.54. The zero-order valence-electron chi connectivity index (χ0n) is 19.0. The van der Waals surface area contributed by atoms with Crippen molar-refractivity contribution in [2.75, 3.05) is 0 Å². The van der Waals surface area contributed by atoms with Crippen LogP contribution in [0.15, 0.2) is 71.6 Å². The van der Waals surface area contributed by atoms with Gasteiger partial charge in [-0.25, -0.2) is 8.42 Å². The molecule has 0 bridgehead atoms. The van der Waals surface area contributed by atoms with E-state index in [-0.39, 0.29) is 17.2 Å². The first-order valence-corrected chi connectivity index (χ1v) is 12.1. The lowest BCUT2D eigenvalue weighted by Gasteiger charge is -2.21. The molecule has 168 valence electrons. The maximum absolute atomic E-state index is 13.3. The Hall–Kier alpha value is -2.96. The molecule has 0 heterocycles. The largest absolute Gasteiger partial charge is 0.351 e. The second-order valence-electron chi connectivity index (χ2n) is 8.29. The number of sulfonamides is 1. The monoisotopic (exact) mass is 450 g/mol. The number of aryl methyl sites for hydroxylation is 4. The van der Waals surface area contributed by atoms with Crippen molar-refractivity contribution in [1.29, 1.82) is 0 Å². The number of nitrogens with one attached hydrogen (secondary N) is 2. The van der Waals surface area contributed by atoms with Crippen LogP contribution in [0.3, 0.4) is 0 Å². The highest BCUT2D eigenvalue weighted by Gasteiger charge is 2.28. The summed E-state index contributed by atoms with van der Waals surface area (Å²) in [6.45, 7) is 7.81. The van der Waals surface area contributed by atoms with Crippen molar-refractivity contribution in [3.8, 4) is 0 Å². The van der Waals surface area contributed by atoms with Crippen molar-refractivity contribution >= 4 is 15.9 Å². The molecule has 0 aliphatic heterocycles. The third-order valence-electron chi connectivity index (χ3n) is 5.36. The molecule has 1 atom stereocenters. The highest BCUT2D eigenvalue weighted by atomic mass is 32.2. The number of hydrogen-bond acceptors (Lipinski definition) is 3. The maximum Gasteiger partial charge on any atom is 0.241 e. The maximum atomic E-state index is 13.3. The molecular weight excluding hydrogens is 420 g/mol. The van der Waals surface area contributed by atoms with Gasteiger partial charge in [0.15, 0.2) is 0 Å². The van der Waals surface area contributed by atoms with Crippen molar-refractivity contribution in [2.45, 2.75) is 51.6 Å². The zero-order valence-corrected chi connectivity index (χ0v) is 19.8. The van der Waals surface area contributed by atoms with Crippen LogP contribution in [0.4, 0.5) is 0 Å². The quantitative estimate of drug-likeness (QED) is 0.542. The second kappa shape index (κ2) is 10.1. The highest BCUT2D eigenvalue weighted by molar-refractivity contribution is 7.89. The van der Waals surface area contributed by atoms with Gasteiger partial charge in [-0.3, -0.25) is 4.79 Å². The summed E-state index contributed by atoms with van der Waals surface area (Å²) in [7, 11) is -3.90. The molecule has 0 aromatic heterocycles. The fourth-order valence-electron chi connectivity index (χ4n) is 3.89. The minimum atomic E-state index is -3.90. The molecule has 0 spiro atoms. The number of amides is 1. The van der Waals surface area contributed by atoms with Gasteiger partial charge in [0.25, 0.3) is 0 Å². The smallest absolute Gasteiger partial charge is 0.241 e. The first kappa shape index (κ1) is 23.7. The van der Waals surface area contributed by atoms with Crippen LogP contribution in [0.2, 0.25) is 0 Å². The molecule has 0 saturated heterocycles. The Morgan fingerprint density at radius 1 is 0.812 bits per heavy atom. The Labute approximate surface area is 190 Å². The summed E-state index contributed by atoms with van der Waals surface area (Å²) in [5.41, 5.74) is 5.29. The molecule has 32 heavy (non-hydrogen) atoms. The van der Waals surface area contributed by atoms with Gasteiger partial charge in [-0.2, -0.15) is 4.72 Å². The number of carbonyl (C=O) groups excluding carboxylic acids is 1. The van der Waals surface area contributed by atoms with Gasteiger partial charge in [0.1, 0.15) is 6.04 Å². The van der Waals surface area contributed by atoms with E-state index in [4.69, 9.17) is 0 Å². The minimum absolute atomic E-state index is 0.229. The van der Waals surface area contributed by atoms with E-state index < -0.39 is 16.1 Å². The molecule has 0 fully saturated rings. The summed E-state index contributed by atoms with van der Waals surface area (Å²) in [6.07, 6.45) is 0.254. The Kier molecular flexibility index (Phi) is 7.48. The topological polar surface area (TPSA) is 75.3 Å². The van der Waals surface area contributed by atoms with E-state index in [1.165, 1.54) is 0 Å². The summed E-state index contributed by atoms with van der Waals surface area (Å²) < 4.78 is 29.3. The number of carbonyl (C=O) groups is 1. The molecule has 0 aliphatic rings. The van der Waals surface area contributed by atoms with Crippen molar-refractivity contribution < 1.29 is 13.2 Å². The van der Waals surface area contributed by atoms with E-state index in [1.807, 2.05) is 80.6 Å². The van der Waals surface area contributed by atoms with E-state index in [2.05, 4.69) is 10.0 Å². The highest BCUT2D eigenvalue weighted by Crippen LogP contribution is 2.22. The number of rotatable bonds is 8. The van der Waals surface area contributed by atoms with Crippen LogP contribution >= 0.6 is 0 Å². The van der Waals surface area contributed by atoms with Crippen LogP contribution in [0.25, 0.3) is 0 Å². The molecule has 3 rings (SSSR count). The average Bonchev–Trinajstić information content (AvgIpc) is 2.72. The van der Waals surface area contributed by atoms with Gasteiger partial charge in [0.05, 0.1) is 4.90 Å². The summed E-state index contributed by atoms with van der Waals surface area (Å²) in [5.74, 6) is -0.361. The Morgan fingerprint density at radius 2 is 1.41 bits per heavy atom. The van der Waals surface area contributed by atoms with Crippen molar-refractivity contribution in [3.63, 3.8) is 0 Å². The lowest BCUT2D eigenvalue weighted by atomic mass is 10.1. The fraction of sp³-hybridized carbons (Fsp3) is 0.269. The molecule has 0 saturated carbocycles. The minimum Gasteiger partial charge on any atom is -0.351 e. The van der Waals surface area contributed by atoms with Gasteiger partial charge in [-0.15, -0.1) is 0 Å². The van der Waals surface area contributed by atoms with Crippen LogP contribution < -0.4 is 10.0 Å². The van der Waals surface area contributed by atoms with E-state index in [9.17, 15) is 13.2 Å². The molecule has 0 unspecified atom stereocenters.